The van der Waals surface area contributed by atoms with Gasteiger partial charge in [-0.15, -0.1) is 0 Å². The summed E-state index contributed by atoms with van der Waals surface area (Å²) < 4.78 is 24.8. The molecule has 3 rings (SSSR count). The number of carbonyl (C=O) groups is 2. The highest BCUT2D eigenvalue weighted by Gasteiger charge is 2.35. The van der Waals surface area contributed by atoms with Crippen LogP contribution < -0.4 is 10.1 Å². The number of hydrogen-bond acceptors (Lipinski definition) is 5. The van der Waals surface area contributed by atoms with Crippen LogP contribution in [0, 0.1) is 5.82 Å². The van der Waals surface area contributed by atoms with Gasteiger partial charge in [-0.1, -0.05) is 30.3 Å². The first kappa shape index (κ1) is 25.2. The molecule has 34 heavy (non-hydrogen) atoms. The summed E-state index contributed by atoms with van der Waals surface area (Å²) in [6.07, 6.45) is 0.343. The second-order valence-electron chi connectivity index (χ2n) is 8.28. The van der Waals surface area contributed by atoms with Crippen molar-refractivity contribution in [3.05, 3.63) is 65.5 Å². The highest BCUT2D eigenvalue weighted by molar-refractivity contribution is 6.03. The van der Waals surface area contributed by atoms with Gasteiger partial charge in [0.25, 0.3) is 5.91 Å². The Kier molecular flexibility index (Phi) is 8.59. The normalized spacial score (nSPS) is 15.3. The fourth-order valence-electron chi connectivity index (χ4n) is 3.71. The van der Waals surface area contributed by atoms with E-state index >= 15 is 0 Å². The van der Waals surface area contributed by atoms with Gasteiger partial charge < -0.3 is 19.7 Å². The van der Waals surface area contributed by atoms with E-state index in [1.54, 1.807) is 37.4 Å². The monoisotopic (exact) mass is 470 g/mol. The first-order chi connectivity index (χ1) is 16.3. The van der Waals surface area contributed by atoms with E-state index in [2.05, 4.69) is 10.4 Å². The molecule has 0 saturated heterocycles. The lowest BCUT2D eigenvalue weighted by atomic mass is 9.98. The van der Waals surface area contributed by atoms with Gasteiger partial charge in [0.05, 0.1) is 25.5 Å². The van der Waals surface area contributed by atoms with Gasteiger partial charge in [0.1, 0.15) is 18.1 Å². The van der Waals surface area contributed by atoms with Crippen molar-refractivity contribution in [1.29, 1.82) is 0 Å². The molecule has 0 radical (unpaired) electrons. The minimum Gasteiger partial charge on any atom is -0.497 e. The quantitative estimate of drug-likeness (QED) is 0.607. The fourth-order valence-corrected chi connectivity index (χ4v) is 3.71. The lowest BCUT2D eigenvalue weighted by Crippen LogP contribution is -2.48. The average Bonchev–Trinajstić information content (AvgIpc) is 3.27. The van der Waals surface area contributed by atoms with Crippen LogP contribution in [0.25, 0.3) is 0 Å². The Morgan fingerprint density at radius 1 is 1.18 bits per heavy atom. The van der Waals surface area contributed by atoms with Crippen molar-refractivity contribution in [1.82, 2.24) is 15.2 Å². The van der Waals surface area contributed by atoms with Crippen LogP contribution in [0.4, 0.5) is 9.18 Å². The van der Waals surface area contributed by atoms with Crippen molar-refractivity contribution >= 4 is 17.6 Å². The number of methoxy groups -OCH3 is 2. The maximum Gasteiger partial charge on any atom is 0.318 e. The maximum atomic E-state index is 14.5. The zero-order chi connectivity index (χ0) is 24.7. The Hall–Kier alpha value is -3.46. The second-order valence-corrected chi connectivity index (χ2v) is 8.28. The van der Waals surface area contributed by atoms with Crippen molar-refractivity contribution in [3.63, 3.8) is 0 Å². The van der Waals surface area contributed by atoms with E-state index < -0.39 is 11.9 Å². The summed E-state index contributed by atoms with van der Waals surface area (Å²) >= 11 is 0. The topological polar surface area (TPSA) is 83.5 Å². The Balaban J connectivity index is 1.90. The van der Waals surface area contributed by atoms with Gasteiger partial charge in [0, 0.05) is 31.7 Å². The highest BCUT2D eigenvalue weighted by atomic mass is 19.1. The number of hydrogen-bond donors (Lipinski definition) is 1. The van der Waals surface area contributed by atoms with Gasteiger partial charge in [-0.3, -0.25) is 4.79 Å². The van der Waals surface area contributed by atoms with E-state index in [1.807, 2.05) is 26.0 Å². The van der Waals surface area contributed by atoms with Crippen molar-refractivity contribution < 1.29 is 23.5 Å². The van der Waals surface area contributed by atoms with Crippen LogP contribution in [0.15, 0.2) is 53.6 Å². The number of rotatable bonds is 9. The Bertz CT molecular complexity index is 1030. The predicted molar refractivity (Wildman–Crippen MR) is 127 cm³/mol. The standard InChI is InChI=1S/C25H31FN4O4/c1-17(2)27-25(32)29(13-14-33-3)16-24(31)30-23(18-9-11-19(34-4)12-10-18)15-22(28-30)20-7-5-6-8-21(20)26/h5-12,17,23H,13-16H2,1-4H3,(H,27,32). The van der Waals surface area contributed by atoms with Gasteiger partial charge in [0.15, 0.2) is 0 Å². The summed E-state index contributed by atoms with van der Waals surface area (Å²) in [5, 5.41) is 8.67. The van der Waals surface area contributed by atoms with Crippen LogP contribution in [0.1, 0.15) is 37.4 Å². The molecule has 0 fully saturated rings. The van der Waals surface area contributed by atoms with Crippen molar-refractivity contribution in [3.8, 4) is 5.75 Å². The van der Waals surface area contributed by atoms with Gasteiger partial charge in [0.2, 0.25) is 0 Å². The molecule has 2 aromatic rings. The van der Waals surface area contributed by atoms with Crippen LogP contribution in [0.3, 0.4) is 0 Å². The third-order valence-corrected chi connectivity index (χ3v) is 5.44. The molecule has 0 aromatic heterocycles. The number of benzene rings is 2. The highest BCUT2D eigenvalue weighted by Crippen LogP contribution is 2.34. The minimum atomic E-state index is -0.439. The van der Waals surface area contributed by atoms with Crippen LogP contribution >= 0.6 is 0 Å². The molecule has 1 N–H and O–H groups in total. The number of nitrogens with one attached hydrogen (secondary N) is 1. The van der Waals surface area contributed by atoms with Gasteiger partial charge >= 0.3 is 6.03 Å². The SMILES string of the molecule is COCCN(CC(=O)N1N=C(c2ccccc2F)CC1c1ccc(OC)cc1)C(=O)NC(C)C. The number of ether oxygens (including phenoxy) is 2. The number of nitrogens with zero attached hydrogens (tertiary/aromatic N) is 3. The van der Waals surface area contributed by atoms with Gasteiger partial charge in [-0.2, -0.15) is 5.10 Å². The third-order valence-electron chi connectivity index (χ3n) is 5.44. The molecule has 1 aliphatic heterocycles. The molecule has 9 heteroatoms. The number of amides is 3. The predicted octanol–water partition coefficient (Wildman–Crippen LogP) is 3.58. The summed E-state index contributed by atoms with van der Waals surface area (Å²) in [4.78, 5) is 27.5. The second kappa shape index (κ2) is 11.6. The molecule has 1 aliphatic rings. The Morgan fingerprint density at radius 3 is 2.50 bits per heavy atom. The molecule has 0 aliphatic carbocycles. The summed E-state index contributed by atoms with van der Waals surface area (Å²) in [5.74, 6) is -0.0878. The van der Waals surface area contributed by atoms with Crippen LogP contribution in [0.2, 0.25) is 0 Å². The van der Waals surface area contributed by atoms with E-state index in [9.17, 15) is 14.0 Å². The largest absolute Gasteiger partial charge is 0.497 e. The Morgan fingerprint density at radius 2 is 1.88 bits per heavy atom. The third kappa shape index (κ3) is 6.11. The number of urea groups is 1. The summed E-state index contributed by atoms with van der Waals surface area (Å²) in [5.41, 5.74) is 1.66. The summed E-state index contributed by atoms with van der Waals surface area (Å²) in [6, 6.07) is 12.8. The molecule has 2 aromatic carbocycles. The molecular weight excluding hydrogens is 439 g/mol. The molecular formula is C25H31FN4O4. The van der Waals surface area contributed by atoms with Crippen LogP contribution in [-0.4, -0.2) is 67.5 Å². The lowest BCUT2D eigenvalue weighted by Gasteiger charge is -2.27. The minimum absolute atomic E-state index is 0.0860. The molecule has 1 atom stereocenters. The first-order valence-electron chi connectivity index (χ1n) is 11.2. The summed E-state index contributed by atoms with van der Waals surface area (Å²) in [6.45, 7) is 4.03. The summed E-state index contributed by atoms with van der Waals surface area (Å²) in [7, 11) is 3.11. The van der Waals surface area contributed by atoms with Crippen LogP contribution in [0.5, 0.6) is 5.75 Å². The molecule has 1 unspecified atom stereocenters. The fraction of sp³-hybridized carbons (Fsp3) is 0.400. The number of carbonyl (C=O) groups excluding carboxylic acids is 2. The molecule has 0 saturated carbocycles. The lowest BCUT2D eigenvalue weighted by molar-refractivity contribution is -0.133. The molecule has 8 nitrogen and oxygen atoms in total. The smallest absolute Gasteiger partial charge is 0.318 e. The van der Waals surface area contributed by atoms with E-state index in [-0.39, 0.29) is 37.7 Å². The Labute approximate surface area is 199 Å². The zero-order valence-corrected chi connectivity index (χ0v) is 20.0. The number of hydrazone groups is 1. The van der Waals surface area contributed by atoms with Crippen molar-refractivity contribution in [2.24, 2.45) is 5.10 Å². The molecule has 182 valence electrons. The molecule has 0 spiro atoms. The van der Waals surface area contributed by atoms with E-state index in [4.69, 9.17) is 9.47 Å². The van der Waals surface area contributed by atoms with Gasteiger partial charge in [-0.05, 0) is 37.6 Å². The maximum absolute atomic E-state index is 14.5. The first-order valence-corrected chi connectivity index (χ1v) is 11.2. The number of halogens is 1. The van der Waals surface area contributed by atoms with E-state index in [0.29, 0.717) is 23.4 Å². The van der Waals surface area contributed by atoms with Crippen molar-refractivity contribution in [2.45, 2.75) is 32.4 Å². The zero-order valence-electron chi connectivity index (χ0n) is 20.0. The molecule has 0 bridgehead atoms. The molecule has 3 amide bonds. The van der Waals surface area contributed by atoms with E-state index in [1.165, 1.54) is 23.1 Å². The molecule has 1 heterocycles. The van der Waals surface area contributed by atoms with E-state index in [0.717, 1.165) is 5.56 Å². The average molecular weight is 471 g/mol. The van der Waals surface area contributed by atoms with Gasteiger partial charge in [-0.25, -0.2) is 14.2 Å². The van der Waals surface area contributed by atoms with Crippen LogP contribution in [-0.2, 0) is 9.53 Å². The van der Waals surface area contributed by atoms with Crippen molar-refractivity contribution in [2.75, 3.05) is 33.9 Å².